The molecule has 0 amide bonds. The Balaban J connectivity index is 4.16. The summed E-state index contributed by atoms with van der Waals surface area (Å²) in [5, 5.41) is 0. The third-order valence-electron chi connectivity index (χ3n) is 13.6. The van der Waals surface area contributed by atoms with E-state index in [1.54, 1.807) is 0 Å². The first-order valence-electron chi connectivity index (χ1n) is 32.1. The summed E-state index contributed by atoms with van der Waals surface area (Å²) in [7, 11) is 1.15. The second-order valence-corrected chi connectivity index (χ2v) is 23.8. The van der Waals surface area contributed by atoms with E-state index < -0.39 is 26.5 Å². The Morgan fingerprint density at radius 3 is 1.08 bits per heavy atom. The van der Waals surface area contributed by atoms with E-state index in [1.807, 2.05) is 21.1 Å². The third kappa shape index (κ3) is 63.7. The fraction of sp³-hybridized carbons (Fsp3) is 0.710. The zero-order valence-corrected chi connectivity index (χ0v) is 52.4. The number of esters is 2. The Morgan fingerprint density at radius 1 is 0.405 bits per heavy atom. The van der Waals surface area contributed by atoms with Gasteiger partial charge in [0.15, 0.2) is 6.10 Å². The van der Waals surface area contributed by atoms with Gasteiger partial charge in [-0.25, -0.2) is 0 Å². The SMILES string of the molecule is CC/C=C\C/C=C\C/C=C\C/C=C\C/C=C\C/C=C\C/C=C\C/C=C\C/C=C\CCCCCCCCCC(=O)OC(COC(=O)CCCCCCCCCCCCCCCCCCCCCC)COP(=O)([O-])OCC[N+](C)(C)C. The minimum atomic E-state index is -4.65. The maximum absolute atomic E-state index is 12.8. The molecule has 0 saturated heterocycles. The summed E-state index contributed by atoms with van der Waals surface area (Å²) in [5.41, 5.74) is 0. The van der Waals surface area contributed by atoms with Crippen LogP contribution in [0.2, 0.25) is 0 Å². The summed E-state index contributed by atoms with van der Waals surface area (Å²) in [6.45, 7) is 4.13. The van der Waals surface area contributed by atoms with E-state index in [0.29, 0.717) is 17.4 Å². The van der Waals surface area contributed by atoms with Gasteiger partial charge in [0.05, 0.1) is 27.7 Å². The van der Waals surface area contributed by atoms with Crippen molar-refractivity contribution in [2.75, 3.05) is 47.5 Å². The Morgan fingerprint density at radius 2 is 0.722 bits per heavy atom. The molecule has 0 aliphatic heterocycles. The van der Waals surface area contributed by atoms with Crippen molar-refractivity contribution in [3.8, 4) is 0 Å². The molecule has 0 aliphatic carbocycles. The number of likely N-dealkylation sites (N-methyl/N-ethyl adjacent to an activating group) is 1. The maximum Gasteiger partial charge on any atom is 0.306 e. The van der Waals surface area contributed by atoms with Crippen molar-refractivity contribution >= 4 is 19.8 Å². The highest BCUT2D eigenvalue weighted by Gasteiger charge is 2.22. The fourth-order valence-corrected chi connectivity index (χ4v) is 9.38. The smallest absolute Gasteiger partial charge is 0.306 e. The van der Waals surface area contributed by atoms with E-state index in [0.717, 1.165) is 103 Å². The summed E-state index contributed by atoms with van der Waals surface area (Å²) in [6, 6.07) is 0. The van der Waals surface area contributed by atoms with E-state index in [1.165, 1.54) is 128 Å². The molecule has 2 unspecified atom stereocenters. The number of allylic oxidation sites excluding steroid dienone is 18. The van der Waals surface area contributed by atoms with Crippen molar-refractivity contribution in [2.45, 2.75) is 270 Å². The van der Waals surface area contributed by atoms with Gasteiger partial charge < -0.3 is 27.9 Å². The predicted octanol–water partition coefficient (Wildman–Crippen LogP) is 19.9. The van der Waals surface area contributed by atoms with E-state index in [4.69, 9.17) is 18.5 Å². The molecular formula is C69H120NO8P. The van der Waals surface area contributed by atoms with Crippen LogP contribution in [-0.4, -0.2) is 70.0 Å². The molecule has 0 bridgehead atoms. The van der Waals surface area contributed by atoms with Crippen molar-refractivity contribution in [3.05, 3.63) is 109 Å². The number of phosphoric acid groups is 1. The molecule has 0 saturated carbocycles. The van der Waals surface area contributed by atoms with Crippen LogP contribution < -0.4 is 4.89 Å². The fourth-order valence-electron chi connectivity index (χ4n) is 8.65. The zero-order valence-electron chi connectivity index (χ0n) is 51.5. The summed E-state index contributed by atoms with van der Waals surface area (Å²) in [6.07, 6.45) is 82.9. The molecule has 0 radical (unpaired) electrons. The van der Waals surface area contributed by atoms with Crippen LogP contribution in [0.3, 0.4) is 0 Å². The number of quaternary nitrogens is 1. The van der Waals surface area contributed by atoms with Crippen LogP contribution in [-0.2, 0) is 32.7 Å². The van der Waals surface area contributed by atoms with Crippen LogP contribution in [0.4, 0.5) is 0 Å². The molecule has 0 rings (SSSR count). The van der Waals surface area contributed by atoms with E-state index in [-0.39, 0.29) is 32.0 Å². The summed E-state index contributed by atoms with van der Waals surface area (Å²) in [5.74, 6) is -0.843. The highest BCUT2D eigenvalue weighted by Crippen LogP contribution is 2.38. The topological polar surface area (TPSA) is 111 Å². The quantitative estimate of drug-likeness (QED) is 0.0195. The number of carbonyl (C=O) groups is 2. The van der Waals surface area contributed by atoms with Crippen LogP contribution in [0, 0.1) is 0 Å². The van der Waals surface area contributed by atoms with Crippen molar-refractivity contribution in [1.82, 2.24) is 0 Å². The van der Waals surface area contributed by atoms with Gasteiger partial charge in [-0.15, -0.1) is 0 Å². The number of ether oxygens (including phenoxy) is 2. The number of phosphoric ester groups is 1. The standard InChI is InChI=1S/C69H120NO8P/c1-6-8-10-12-14-16-18-20-22-24-26-28-29-30-31-32-33-34-35-36-37-38-39-40-41-42-44-46-48-50-52-54-56-58-60-62-69(72)78-67(66-77-79(73,74)76-64-63-70(3,4)5)65-75-68(71)61-59-57-55-53-51-49-47-45-43-27-25-23-21-19-17-15-13-11-9-7-2/h8,10,14,16,20,22,26,28,30-31,33-34,36-37,39-40,42,44,67H,6-7,9,11-13,15,17-19,21,23-25,27,29,32,35,38,41,43,45-66H2,1-5H3/b10-8-,16-14-,22-20-,28-26-,31-30-,34-33-,37-36-,40-39-,44-42-. The first-order valence-corrected chi connectivity index (χ1v) is 33.6. The minimum absolute atomic E-state index is 0.0369. The van der Waals surface area contributed by atoms with Crippen LogP contribution in [0.15, 0.2) is 109 Å². The monoisotopic (exact) mass is 1120 g/mol. The lowest BCUT2D eigenvalue weighted by Gasteiger charge is -2.28. The number of nitrogens with zero attached hydrogens (tertiary/aromatic N) is 1. The summed E-state index contributed by atoms with van der Waals surface area (Å²) in [4.78, 5) is 38.0. The van der Waals surface area contributed by atoms with E-state index in [9.17, 15) is 19.0 Å². The number of hydrogen-bond acceptors (Lipinski definition) is 8. The largest absolute Gasteiger partial charge is 0.756 e. The van der Waals surface area contributed by atoms with E-state index in [2.05, 4.69) is 123 Å². The van der Waals surface area contributed by atoms with Gasteiger partial charge in [-0.1, -0.05) is 277 Å². The van der Waals surface area contributed by atoms with Gasteiger partial charge in [-0.2, -0.15) is 0 Å². The van der Waals surface area contributed by atoms with Crippen LogP contribution >= 0.6 is 7.82 Å². The van der Waals surface area contributed by atoms with Gasteiger partial charge in [0.1, 0.15) is 19.8 Å². The Hall–Kier alpha value is -3.33. The van der Waals surface area contributed by atoms with Crippen molar-refractivity contribution in [1.29, 1.82) is 0 Å². The van der Waals surface area contributed by atoms with Gasteiger partial charge in [0, 0.05) is 12.8 Å². The molecule has 2 atom stereocenters. The van der Waals surface area contributed by atoms with Gasteiger partial charge in [-0.05, 0) is 83.5 Å². The number of unbranched alkanes of at least 4 members (excludes halogenated alkanes) is 26. The predicted molar refractivity (Wildman–Crippen MR) is 337 cm³/mol. The molecule has 79 heavy (non-hydrogen) atoms. The molecule has 0 N–H and O–H groups in total. The molecule has 10 heteroatoms. The maximum atomic E-state index is 12.8. The minimum Gasteiger partial charge on any atom is -0.756 e. The van der Waals surface area contributed by atoms with Gasteiger partial charge in [-0.3, -0.25) is 14.2 Å². The third-order valence-corrected chi connectivity index (χ3v) is 14.5. The van der Waals surface area contributed by atoms with Crippen molar-refractivity contribution in [2.24, 2.45) is 0 Å². The zero-order chi connectivity index (χ0) is 57.7. The summed E-state index contributed by atoms with van der Waals surface area (Å²) < 4.78 is 34.2. The highest BCUT2D eigenvalue weighted by atomic mass is 31.2. The Labute approximate surface area is 486 Å². The average Bonchev–Trinajstić information content (AvgIpc) is 3.41. The molecule has 9 nitrogen and oxygen atoms in total. The van der Waals surface area contributed by atoms with Gasteiger partial charge in [0.2, 0.25) is 0 Å². The van der Waals surface area contributed by atoms with Crippen molar-refractivity contribution in [3.63, 3.8) is 0 Å². The molecule has 0 spiro atoms. The molecule has 0 aromatic rings. The average molecular weight is 1120 g/mol. The number of hydrogen-bond donors (Lipinski definition) is 0. The Bertz CT molecular complexity index is 1700. The number of rotatable bonds is 58. The number of carbonyl (C=O) groups excluding carboxylic acids is 2. The van der Waals surface area contributed by atoms with Crippen molar-refractivity contribution < 1.29 is 42.1 Å². The molecule has 0 fully saturated rings. The van der Waals surface area contributed by atoms with Crippen LogP contribution in [0.25, 0.3) is 0 Å². The molecule has 0 heterocycles. The highest BCUT2D eigenvalue weighted by molar-refractivity contribution is 7.45. The first-order chi connectivity index (χ1) is 38.5. The second kappa shape index (κ2) is 59.3. The van der Waals surface area contributed by atoms with Crippen LogP contribution in [0.1, 0.15) is 264 Å². The van der Waals surface area contributed by atoms with E-state index >= 15 is 0 Å². The lowest BCUT2D eigenvalue weighted by atomic mass is 10.0. The lowest BCUT2D eigenvalue weighted by Crippen LogP contribution is -2.37. The van der Waals surface area contributed by atoms with Gasteiger partial charge >= 0.3 is 11.9 Å². The molecule has 0 aliphatic rings. The Kier molecular flexibility index (Phi) is 56.8. The second-order valence-electron chi connectivity index (χ2n) is 22.4. The lowest BCUT2D eigenvalue weighted by molar-refractivity contribution is -0.870. The normalized spacial score (nSPS) is 13.9. The molecule has 0 aromatic carbocycles. The molecule has 0 aromatic heterocycles. The molecule has 454 valence electrons. The molecular weight excluding hydrogens is 1000 g/mol. The first kappa shape index (κ1) is 75.7. The summed E-state index contributed by atoms with van der Waals surface area (Å²) >= 11 is 0. The van der Waals surface area contributed by atoms with Crippen LogP contribution in [0.5, 0.6) is 0 Å². The van der Waals surface area contributed by atoms with Gasteiger partial charge in [0.25, 0.3) is 7.82 Å².